The van der Waals surface area contributed by atoms with Crippen molar-refractivity contribution in [3.63, 3.8) is 0 Å². The molecule has 1 rings (SSSR count). The number of aromatic nitrogens is 2. The molecule has 1 unspecified atom stereocenters. The molecular formula is C10H14F3N3O. The Morgan fingerprint density at radius 2 is 2.06 bits per heavy atom. The SMILES string of the molecule is CCC(N)Cc1nc(C(F)(F)F)c(C)c(=O)[nH]1. The van der Waals surface area contributed by atoms with Crippen LogP contribution in [0.15, 0.2) is 4.79 Å². The third-order valence-electron chi connectivity index (χ3n) is 2.45. The van der Waals surface area contributed by atoms with Crippen LogP contribution in [0.1, 0.15) is 30.4 Å². The number of H-pyrrole nitrogens is 1. The van der Waals surface area contributed by atoms with Crippen molar-refractivity contribution in [3.05, 3.63) is 27.4 Å². The Hall–Kier alpha value is -1.37. The summed E-state index contributed by atoms with van der Waals surface area (Å²) in [6.45, 7) is 2.90. The molecule has 3 N–H and O–H groups in total. The maximum absolute atomic E-state index is 12.6. The van der Waals surface area contributed by atoms with Crippen LogP contribution < -0.4 is 11.3 Å². The Balaban J connectivity index is 3.20. The van der Waals surface area contributed by atoms with Crippen molar-refractivity contribution in [2.45, 2.75) is 38.9 Å². The zero-order valence-corrected chi connectivity index (χ0v) is 9.56. The van der Waals surface area contributed by atoms with Gasteiger partial charge in [0.15, 0.2) is 5.69 Å². The average molecular weight is 249 g/mol. The molecule has 0 aromatic carbocycles. The van der Waals surface area contributed by atoms with Gasteiger partial charge < -0.3 is 10.7 Å². The fourth-order valence-electron chi connectivity index (χ4n) is 1.34. The van der Waals surface area contributed by atoms with Crippen molar-refractivity contribution in [3.8, 4) is 0 Å². The number of nitrogens with zero attached hydrogens (tertiary/aromatic N) is 1. The summed E-state index contributed by atoms with van der Waals surface area (Å²) in [6, 6.07) is -0.318. The fraction of sp³-hybridized carbons (Fsp3) is 0.600. The van der Waals surface area contributed by atoms with Gasteiger partial charge in [-0.05, 0) is 13.3 Å². The highest BCUT2D eigenvalue weighted by molar-refractivity contribution is 5.19. The molecule has 0 saturated carbocycles. The van der Waals surface area contributed by atoms with Gasteiger partial charge in [-0.15, -0.1) is 0 Å². The van der Waals surface area contributed by atoms with Crippen molar-refractivity contribution >= 4 is 0 Å². The minimum Gasteiger partial charge on any atom is -0.327 e. The Labute approximate surface area is 96.1 Å². The number of nitrogens with one attached hydrogen (secondary N) is 1. The normalized spacial score (nSPS) is 13.8. The summed E-state index contributed by atoms with van der Waals surface area (Å²) >= 11 is 0. The van der Waals surface area contributed by atoms with E-state index in [4.69, 9.17) is 5.73 Å². The first-order valence-electron chi connectivity index (χ1n) is 5.18. The highest BCUT2D eigenvalue weighted by Gasteiger charge is 2.35. The summed E-state index contributed by atoms with van der Waals surface area (Å²) in [5.74, 6) is -0.0257. The summed E-state index contributed by atoms with van der Waals surface area (Å²) in [7, 11) is 0. The predicted molar refractivity (Wildman–Crippen MR) is 56.6 cm³/mol. The van der Waals surface area contributed by atoms with Crippen LogP contribution >= 0.6 is 0 Å². The fourth-order valence-corrected chi connectivity index (χ4v) is 1.34. The van der Waals surface area contributed by atoms with Crippen molar-refractivity contribution < 1.29 is 13.2 Å². The third kappa shape index (κ3) is 3.29. The Morgan fingerprint density at radius 3 is 2.53 bits per heavy atom. The standard InChI is InChI=1S/C10H14F3N3O/c1-3-6(14)4-7-15-8(10(11,12)13)5(2)9(17)16-7/h6H,3-4,14H2,1-2H3,(H,15,16,17). The van der Waals surface area contributed by atoms with Gasteiger partial charge in [0, 0.05) is 18.0 Å². The van der Waals surface area contributed by atoms with Gasteiger partial charge in [-0.1, -0.05) is 6.92 Å². The molecule has 1 atom stereocenters. The van der Waals surface area contributed by atoms with Crippen LogP contribution in [0.2, 0.25) is 0 Å². The van der Waals surface area contributed by atoms with Gasteiger partial charge in [0.25, 0.3) is 5.56 Å². The molecule has 0 spiro atoms. The van der Waals surface area contributed by atoms with Gasteiger partial charge in [0.1, 0.15) is 5.82 Å². The summed E-state index contributed by atoms with van der Waals surface area (Å²) in [5, 5.41) is 0. The number of nitrogens with two attached hydrogens (primary N) is 1. The maximum atomic E-state index is 12.6. The Morgan fingerprint density at radius 1 is 1.47 bits per heavy atom. The van der Waals surface area contributed by atoms with Crippen molar-refractivity contribution in [2.24, 2.45) is 5.73 Å². The average Bonchev–Trinajstić information content (AvgIpc) is 2.21. The highest BCUT2D eigenvalue weighted by Crippen LogP contribution is 2.28. The minimum absolute atomic E-state index is 0.0257. The molecule has 4 nitrogen and oxygen atoms in total. The van der Waals surface area contributed by atoms with Gasteiger partial charge >= 0.3 is 6.18 Å². The van der Waals surface area contributed by atoms with E-state index in [1.54, 1.807) is 0 Å². The van der Waals surface area contributed by atoms with Crippen LogP contribution in [0.4, 0.5) is 13.2 Å². The molecule has 96 valence electrons. The predicted octanol–water partition coefficient (Wildman–Crippen LogP) is 1.38. The van der Waals surface area contributed by atoms with Crippen LogP contribution in [0, 0.1) is 6.92 Å². The monoisotopic (exact) mass is 249 g/mol. The third-order valence-corrected chi connectivity index (χ3v) is 2.45. The topological polar surface area (TPSA) is 71.8 Å². The van der Waals surface area contributed by atoms with E-state index in [1.807, 2.05) is 6.92 Å². The van der Waals surface area contributed by atoms with Crippen molar-refractivity contribution in [1.82, 2.24) is 9.97 Å². The van der Waals surface area contributed by atoms with E-state index in [1.165, 1.54) is 0 Å². The largest absolute Gasteiger partial charge is 0.433 e. The van der Waals surface area contributed by atoms with E-state index < -0.39 is 23.0 Å². The first-order valence-corrected chi connectivity index (χ1v) is 5.18. The summed E-state index contributed by atoms with van der Waals surface area (Å²) in [6.07, 6.45) is -3.91. The van der Waals surface area contributed by atoms with E-state index in [0.717, 1.165) is 6.92 Å². The number of rotatable bonds is 3. The van der Waals surface area contributed by atoms with Gasteiger partial charge in [-0.25, -0.2) is 4.98 Å². The molecule has 0 saturated heterocycles. The van der Waals surface area contributed by atoms with Gasteiger partial charge in [0.2, 0.25) is 0 Å². The number of hydrogen-bond donors (Lipinski definition) is 2. The maximum Gasteiger partial charge on any atom is 0.433 e. The first kappa shape index (κ1) is 13.7. The molecular weight excluding hydrogens is 235 g/mol. The summed E-state index contributed by atoms with van der Waals surface area (Å²) in [4.78, 5) is 17.1. The second kappa shape index (κ2) is 4.87. The number of hydrogen-bond acceptors (Lipinski definition) is 3. The van der Waals surface area contributed by atoms with Gasteiger partial charge in [-0.3, -0.25) is 4.79 Å². The van der Waals surface area contributed by atoms with Crippen LogP contribution in [0.5, 0.6) is 0 Å². The van der Waals surface area contributed by atoms with Crippen LogP contribution in [-0.2, 0) is 12.6 Å². The number of halogens is 3. The zero-order chi connectivity index (χ0) is 13.2. The molecule has 0 bridgehead atoms. The van der Waals surface area contributed by atoms with Gasteiger partial charge in [0.05, 0.1) is 0 Å². The second-order valence-corrected chi connectivity index (χ2v) is 3.86. The summed E-state index contributed by atoms with van der Waals surface area (Å²) in [5.41, 5.74) is 3.27. The minimum atomic E-state index is -4.62. The van der Waals surface area contributed by atoms with E-state index in [-0.39, 0.29) is 18.3 Å². The summed E-state index contributed by atoms with van der Waals surface area (Å²) < 4.78 is 37.7. The molecule has 1 aromatic rings. The lowest BCUT2D eigenvalue weighted by molar-refractivity contribution is -0.142. The molecule has 1 heterocycles. The number of alkyl halides is 3. The van der Waals surface area contributed by atoms with Crippen molar-refractivity contribution in [2.75, 3.05) is 0 Å². The van der Waals surface area contributed by atoms with Gasteiger partial charge in [-0.2, -0.15) is 13.2 Å². The van der Waals surface area contributed by atoms with Crippen LogP contribution in [0.3, 0.4) is 0 Å². The molecule has 0 radical (unpaired) electrons. The molecule has 0 aliphatic carbocycles. The Bertz CT molecular complexity index is 453. The number of aromatic amines is 1. The molecule has 0 aliphatic rings. The molecule has 0 amide bonds. The molecule has 17 heavy (non-hydrogen) atoms. The lowest BCUT2D eigenvalue weighted by Gasteiger charge is -2.12. The van der Waals surface area contributed by atoms with E-state index in [0.29, 0.717) is 6.42 Å². The Kier molecular flexibility index (Phi) is 3.92. The highest BCUT2D eigenvalue weighted by atomic mass is 19.4. The van der Waals surface area contributed by atoms with Crippen LogP contribution in [0.25, 0.3) is 0 Å². The second-order valence-electron chi connectivity index (χ2n) is 3.86. The molecule has 0 fully saturated rings. The lowest BCUT2D eigenvalue weighted by atomic mass is 10.1. The van der Waals surface area contributed by atoms with Crippen molar-refractivity contribution in [1.29, 1.82) is 0 Å². The smallest absolute Gasteiger partial charge is 0.327 e. The van der Waals surface area contributed by atoms with E-state index in [9.17, 15) is 18.0 Å². The zero-order valence-electron chi connectivity index (χ0n) is 9.56. The van der Waals surface area contributed by atoms with E-state index >= 15 is 0 Å². The molecule has 0 aliphatic heterocycles. The first-order chi connectivity index (χ1) is 7.75. The van der Waals surface area contributed by atoms with E-state index in [2.05, 4.69) is 9.97 Å². The van der Waals surface area contributed by atoms with Crippen LogP contribution in [-0.4, -0.2) is 16.0 Å². The lowest BCUT2D eigenvalue weighted by Crippen LogP contribution is -2.28. The molecule has 1 aromatic heterocycles. The molecule has 7 heteroatoms. The quantitative estimate of drug-likeness (QED) is 0.850.